The molecular formula is C21H30F3N. The first-order valence-corrected chi connectivity index (χ1v) is 8.78. The maximum absolute atomic E-state index is 14.0. The molecule has 0 heterocycles. The number of anilines is 2. The molecule has 1 saturated carbocycles. The molecule has 0 bridgehead atoms. The SMILES string of the molecule is CC.CC1CC1.Cc1ccc(Nc2c(C)c(F)cc(C)c2F)c(F)c1.[HH]. The van der Waals surface area contributed by atoms with Gasteiger partial charge in [0.2, 0.25) is 0 Å². The van der Waals surface area contributed by atoms with Gasteiger partial charge in [-0.3, -0.25) is 0 Å². The maximum atomic E-state index is 14.0. The third kappa shape index (κ3) is 6.11. The smallest absolute Gasteiger partial charge is 0.150 e. The Kier molecular flexibility index (Phi) is 8.01. The average Bonchev–Trinajstić information content (AvgIpc) is 3.36. The summed E-state index contributed by atoms with van der Waals surface area (Å²) in [6.45, 7) is 11.0. The molecule has 0 spiro atoms. The second-order valence-electron chi connectivity index (χ2n) is 6.28. The van der Waals surface area contributed by atoms with Crippen molar-refractivity contribution in [3.05, 3.63) is 58.4 Å². The van der Waals surface area contributed by atoms with Crippen molar-refractivity contribution in [3.8, 4) is 0 Å². The van der Waals surface area contributed by atoms with E-state index in [1.54, 1.807) is 13.0 Å². The van der Waals surface area contributed by atoms with Crippen molar-refractivity contribution in [3.63, 3.8) is 0 Å². The molecule has 1 aliphatic rings. The van der Waals surface area contributed by atoms with Gasteiger partial charge >= 0.3 is 0 Å². The fourth-order valence-corrected chi connectivity index (χ4v) is 2.01. The number of hydrogen-bond acceptors (Lipinski definition) is 1. The molecule has 3 rings (SSSR count). The number of aryl methyl sites for hydroxylation is 2. The van der Waals surface area contributed by atoms with Crippen LogP contribution in [0.1, 0.15) is 51.7 Å². The molecule has 0 saturated heterocycles. The highest BCUT2D eigenvalue weighted by Crippen LogP contribution is 2.29. The summed E-state index contributed by atoms with van der Waals surface area (Å²) in [4.78, 5) is 0. The molecule has 0 aromatic heterocycles. The summed E-state index contributed by atoms with van der Waals surface area (Å²) in [6.07, 6.45) is 2.97. The van der Waals surface area contributed by atoms with Crippen LogP contribution in [0.4, 0.5) is 24.5 Å². The van der Waals surface area contributed by atoms with Crippen LogP contribution in [-0.4, -0.2) is 0 Å². The summed E-state index contributed by atoms with van der Waals surface area (Å²) in [5.41, 5.74) is 1.16. The van der Waals surface area contributed by atoms with Gasteiger partial charge in [0.1, 0.15) is 17.5 Å². The summed E-state index contributed by atoms with van der Waals surface area (Å²) in [6, 6.07) is 5.66. The van der Waals surface area contributed by atoms with Gasteiger partial charge < -0.3 is 5.32 Å². The zero-order valence-electron chi connectivity index (χ0n) is 15.9. The molecule has 1 nitrogen and oxygen atoms in total. The Bertz CT molecular complexity index is 687. The largest absolute Gasteiger partial charge is 0.350 e. The molecule has 1 N–H and O–H groups in total. The topological polar surface area (TPSA) is 12.0 Å². The lowest BCUT2D eigenvalue weighted by Gasteiger charge is -2.14. The maximum Gasteiger partial charge on any atom is 0.150 e. The molecule has 2 aromatic carbocycles. The van der Waals surface area contributed by atoms with Gasteiger partial charge in [-0.2, -0.15) is 0 Å². The van der Waals surface area contributed by atoms with E-state index >= 15 is 0 Å². The first kappa shape index (κ1) is 21.1. The minimum Gasteiger partial charge on any atom is -0.350 e. The monoisotopic (exact) mass is 353 g/mol. The lowest BCUT2D eigenvalue weighted by molar-refractivity contribution is 0.588. The molecule has 0 amide bonds. The third-order valence-electron chi connectivity index (χ3n) is 3.89. The summed E-state index contributed by atoms with van der Waals surface area (Å²) in [5.74, 6) is -0.506. The van der Waals surface area contributed by atoms with Crippen LogP contribution in [0.15, 0.2) is 24.3 Å². The molecule has 0 aliphatic heterocycles. The van der Waals surface area contributed by atoms with E-state index in [-0.39, 0.29) is 23.9 Å². The molecule has 1 fully saturated rings. The van der Waals surface area contributed by atoms with Crippen molar-refractivity contribution in [2.75, 3.05) is 5.32 Å². The normalized spacial score (nSPS) is 12.5. The zero-order chi connectivity index (χ0) is 19.1. The third-order valence-corrected chi connectivity index (χ3v) is 3.89. The van der Waals surface area contributed by atoms with Crippen molar-refractivity contribution in [1.29, 1.82) is 0 Å². The standard InChI is InChI=1S/C15H14F3N.C4H8.C2H6.H2/c1-8-4-5-13(12(17)6-8)19-15-10(3)11(16)7-9(2)14(15)18;1-4-2-3-4;1-2;/h4-7,19H,1-3H3;4H,2-3H2,1H3;1-2H3;1H. The minimum atomic E-state index is -0.570. The van der Waals surface area contributed by atoms with Crippen LogP contribution in [0, 0.1) is 44.1 Å². The van der Waals surface area contributed by atoms with Crippen molar-refractivity contribution >= 4 is 11.4 Å². The van der Waals surface area contributed by atoms with E-state index in [0.717, 1.165) is 17.5 Å². The molecule has 25 heavy (non-hydrogen) atoms. The molecule has 0 unspecified atom stereocenters. The van der Waals surface area contributed by atoms with E-state index in [4.69, 9.17) is 0 Å². The average molecular weight is 353 g/mol. The van der Waals surface area contributed by atoms with Crippen LogP contribution in [0.2, 0.25) is 0 Å². The summed E-state index contributed by atoms with van der Waals surface area (Å²) in [5, 5.41) is 2.63. The summed E-state index contributed by atoms with van der Waals surface area (Å²) >= 11 is 0. The first-order chi connectivity index (χ1) is 11.8. The van der Waals surface area contributed by atoms with Crippen LogP contribution in [-0.2, 0) is 0 Å². The quantitative estimate of drug-likeness (QED) is 0.591. The van der Waals surface area contributed by atoms with Gasteiger partial charge in [-0.1, -0.05) is 39.7 Å². The van der Waals surface area contributed by atoms with Crippen LogP contribution < -0.4 is 5.32 Å². The van der Waals surface area contributed by atoms with Crippen LogP contribution in [0.5, 0.6) is 0 Å². The van der Waals surface area contributed by atoms with Gasteiger partial charge in [0.05, 0.1) is 11.4 Å². The first-order valence-electron chi connectivity index (χ1n) is 8.78. The van der Waals surface area contributed by atoms with Gasteiger partial charge in [-0.15, -0.1) is 0 Å². The van der Waals surface area contributed by atoms with Gasteiger partial charge in [-0.25, -0.2) is 13.2 Å². The van der Waals surface area contributed by atoms with Gasteiger partial charge in [0.25, 0.3) is 0 Å². The highest BCUT2D eigenvalue weighted by molar-refractivity contribution is 5.65. The van der Waals surface area contributed by atoms with Gasteiger partial charge in [-0.05, 0) is 56.0 Å². The Balaban J connectivity index is 0.000000770. The lowest BCUT2D eigenvalue weighted by Crippen LogP contribution is -2.03. The summed E-state index contributed by atoms with van der Waals surface area (Å²) in [7, 11) is 0. The lowest BCUT2D eigenvalue weighted by atomic mass is 10.1. The fraction of sp³-hybridized carbons (Fsp3) is 0.429. The molecule has 0 radical (unpaired) electrons. The van der Waals surface area contributed by atoms with Crippen LogP contribution in [0.3, 0.4) is 0 Å². The molecule has 0 atom stereocenters. The molecule has 1 aliphatic carbocycles. The molecule has 4 heteroatoms. The van der Waals surface area contributed by atoms with Crippen molar-refractivity contribution in [2.45, 2.75) is 54.4 Å². The number of rotatable bonds is 2. The Labute approximate surface area is 150 Å². The zero-order valence-corrected chi connectivity index (χ0v) is 15.9. The van der Waals surface area contributed by atoms with E-state index in [2.05, 4.69) is 12.2 Å². The Morgan fingerprint density at radius 3 is 2.00 bits per heavy atom. The van der Waals surface area contributed by atoms with Crippen molar-refractivity contribution in [1.82, 2.24) is 0 Å². The highest BCUT2D eigenvalue weighted by Gasteiger charge is 2.15. The van der Waals surface area contributed by atoms with E-state index in [1.165, 1.54) is 38.8 Å². The molecule has 140 valence electrons. The van der Waals surface area contributed by atoms with Crippen LogP contribution in [0.25, 0.3) is 0 Å². The Morgan fingerprint density at radius 1 is 0.960 bits per heavy atom. The number of benzene rings is 2. The molecule has 2 aromatic rings. The number of nitrogens with one attached hydrogen (secondary N) is 1. The highest BCUT2D eigenvalue weighted by atomic mass is 19.1. The number of hydrogen-bond donors (Lipinski definition) is 1. The fourth-order valence-electron chi connectivity index (χ4n) is 2.01. The van der Waals surface area contributed by atoms with Crippen molar-refractivity contribution < 1.29 is 14.6 Å². The minimum absolute atomic E-state index is 0. The summed E-state index contributed by atoms with van der Waals surface area (Å²) < 4.78 is 41.3. The number of halogens is 3. The Hall–Kier alpha value is -1.97. The predicted molar refractivity (Wildman–Crippen MR) is 102 cm³/mol. The van der Waals surface area contributed by atoms with Crippen molar-refractivity contribution in [2.24, 2.45) is 5.92 Å². The van der Waals surface area contributed by atoms with E-state index < -0.39 is 17.5 Å². The van der Waals surface area contributed by atoms with E-state index in [1.807, 2.05) is 13.8 Å². The van der Waals surface area contributed by atoms with Gasteiger partial charge in [0, 0.05) is 6.99 Å². The molecular weight excluding hydrogens is 323 g/mol. The second kappa shape index (κ2) is 9.50. The van der Waals surface area contributed by atoms with Crippen LogP contribution >= 0.6 is 0 Å². The Morgan fingerprint density at radius 2 is 1.52 bits per heavy atom. The van der Waals surface area contributed by atoms with Gasteiger partial charge in [0.15, 0.2) is 0 Å². The van der Waals surface area contributed by atoms with E-state index in [0.29, 0.717) is 0 Å². The second-order valence-corrected chi connectivity index (χ2v) is 6.28. The van der Waals surface area contributed by atoms with E-state index in [9.17, 15) is 13.2 Å². The predicted octanol–water partition coefficient (Wildman–Crippen LogP) is 7.46.